The summed E-state index contributed by atoms with van der Waals surface area (Å²) in [4.78, 5) is 11.1. The van der Waals surface area contributed by atoms with E-state index in [9.17, 15) is 5.11 Å². The van der Waals surface area contributed by atoms with Gasteiger partial charge in [0.1, 0.15) is 0 Å². The lowest BCUT2D eigenvalue weighted by Gasteiger charge is -2.48. The van der Waals surface area contributed by atoms with Gasteiger partial charge in [0, 0.05) is 45.4 Å². The molecular weight excluding hydrogens is 328 g/mol. The van der Waals surface area contributed by atoms with Crippen LogP contribution < -0.4 is 10.2 Å². The number of anilines is 2. The Morgan fingerprint density at radius 2 is 1.88 bits per heavy atom. The van der Waals surface area contributed by atoms with Crippen LogP contribution in [-0.4, -0.2) is 46.9 Å². The van der Waals surface area contributed by atoms with Crippen LogP contribution in [0.25, 0.3) is 0 Å². The van der Waals surface area contributed by atoms with Gasteiger partial charge in [-0.25, -0.2) is 9.97 Å². The van der Waals surface area contributed by atoms with E-state index in [0.717, 1.165) is 43.1 Å². The molecule has 0 unspecified atom stereocenters. The van der Waals surface area contributed by atoms with Crippen molar-refractivity contribution in [2.75, 3.05) is 30.4 Å². The number of hydrogen-bond donors (Lipinski definition) is 2. The molecular formula is C20H26N4O2. The highest BCUT2D eigenvalue weighted by molar-refractivity contribution is 5.60. The van der Waals surface area contributed by atoms with Gasteiger partial charge < -0.3 is 20.1 Å². The molecule has 2 N–H and O–H groups in total. The smallest absolute Gasteiger partial charge is 0.171 e. The molecule has 3 heterocycles. The summed E-state index contributed by atoms with van der Waals surface area (Å²) in [6, 6.07) is 10.2. The second kappa shape index (κ2) is 7.21. The molecule has 2 atom stereocenters. The third-order valence-corrected chi connectivity index (χ3v) is 5.55. The summed E-state index contributed by atoms with van der Waals surface area (Å²) in [5, 5.41) is 13.6. The lowest BCUT2D eigenvalue weighted by atomic mass is 9.81. The Kier molecular flexibility index (Phi) is 4.78. The summed E-state index contributed by atoms with van der Waals surface area (Å²) in [7, 11) is 1.87. The van der Waals surface area contributed by atoms with Gasteiger partial charge in [-0.05, 0) is 18.4 Å². The molecule has 0 bridgehead atoms. The Bertz CT molecular complexity index is 732. The SMILES string of the molecule is CNc1nccnc1N1CCC2(CC1)C[C@H](O)C[C@H](c1ccccc1)O2. The first-order valence-corrected chi connectivity index (χ1v) is 9.34. The zero-order chi connectivity index (χ0) is 18.0. The zero-order valence-electron chi connectivity index (χ0n) is 15.1. The van der Waals surface area contributed by atoms with Crippen LogP contribution in [0.3, 0.4) is 0 Å². The maximum Gasteiger partial charge on any atom is 0.171 e. The lowest BCUT2D eigenvalue weighted by molar-refractivity contribution is -0.173. The van der Waals surface area contributed by atoms with E-state index in [2.05, 4.69) is 32.3 Å². The lowest BCUT2D eigenvalue weighted by Crippen LogP contribution is -2.51. The van der Waals surface area contributed by atoms with Crippen molar-refractivity contribution >= 4 is 11.6 Å². The van der Waals surface area contributed by atoms with Gasteiger partial charge in [-0.2, -0.15) is 0 Å². The van der Waals surface area contributed by atoms with Crippen molar-refractivity contribution in [1.82, 2.24) is 9.97 Å². The van der Waals surface area contributed by atoms with Crippen molar-refractivity contribution in [2.45, 2.75) is 43.5 Å². The van der Waals surface area contributed by atoms with Gasteiger partial charge in [0.15, 0.2) is 11.6 Å². The number of piperidine rings is 1. The molecule has 6 heteroatoms. The van der Waals surface area contributed by atoms with Gasteiger partial charge in [-0.1, -0.05) is 30.3 Å². The quantitative estimate of drug-likeness (QED) is 0.883. The number of nitrogens with one attached hydrogen (secondary N) is 1. The van der Waals surface area contributed by atoms with Crippen molar-refractivity contribution in [3.05, 3.63) is 48.3 Å². The summed E-state index contributed by atoms with van der Waals surface area (Å²) in [5.41, 5.74) is 0.899. The molecule has 0 amide bonds. The minimum absolute atomic E-state index is 0.0316. The van der Waals surface area contributed by atoms with Crippen LogP contribution in [-0.2, 0) is 4.74 Å². The highest BCUT2D eigenvalue weighted by Crippen LogP contribution is 2.43. The molecule has 2 fully saturated rings. The van der Waals surface area contributed by atoms with Crippen LogP contribution in [0.4, 0.5) is 11.6 Å². The molecule has 4 rings (SSSR count). The predicted molar refractivity (Wildman–Crippen MR) is 101 cm³/mol. The highest BCUT2D eigenvalue weighted by Gasteiger charge is 2.44. The molecule has 138 valence electrons. The third-order valence-electron chi connectivity index (χ3n) is 5.55. The topological polar surface area (TPSA) is 70.5 Å². The van der Waals surface area contributed by atoms with Crippen LogP contribution >= 0.6 is 0 Å². The van der Waals surface area contributed by atoms with Crippen molar-refractivity contribution in [1.29, 1.82) is 0 Å². The predicted octanol–water partition coefficient (Wildman–Crippen LogP) is 2.77. The van der Waals surface area contributed by atoms with Gasteiger partial charge in [0.25, 0.3) is 0 Å². The molecule has 1 aromatic carbocycles. The molecule has 2 saturated heterocycles. The van der Waals surface area contributed by atoms with Gasteiger partial charge in [-0.3, -0.25) is 0 Å². The monoisotopic (exact) mass is 354 g/mol. The molecule has 2 aliphatic rings. The Balaban J connectivity index is 1.49. The number of rotatable bonds is 3. The number of aromatic nitrogens is 2. The molecule has 0 radical (unpaired) electrons. The minimum Gasteiger partial charge on any atom is -0.393 e. The van der Waals surface area contributed by atoms with Crippen LogP contribution in [0.15, 0.2) is 42.7 Å². The van der Waals surface area contributed by atoms with Crippen molar-refractivity contribution in [3.8, 4) is 0 Å². The van der Waals surface area contributed by atoms with Crippen molar-refractivity contribution < 1.29 is 9.84 Å². The van der Waals surface area contributed by atoms with E-state index >= 15 is 0 Å². The first-order chi connectivity index (χ1) is 12.7. The summed E-state index contributed by atoms with van der Waals surface area (Å²) in [6.07, 6.45) is 6.23. The first kappa shape index (κ1) is 17.2. The zero-order valence-corrected chi connectivity index (χ0v) is 15.1. The summed E-state index contributed by atoms with van der Waals surface area (Å²) in [6.45, 7) is 1.70. The van der Waals surface area contributed by atoms with Crippen molar-refractivity contribution in [2.24, 2.45) is 0 Å². The molecule has 0 aliphatic carbocycles. The Labute approximate surface area is 154 Å². The van der Waals surface area contributed by atoms with Crippen LogP contribution in [0.2, 0.25) is 0 Å². The molecule has 6 nitrogen and oxygen atoms in total. The normalized spacial score (nSPS) is 25.2. The molecule has 1 spiro atoms. The average Bonchev–Trinajstić information content (AvgIpc) is 2.69. The average molecular weight is 354 g/mol. The molecule has 26 heavy (non-hydrogen) atoms. The maximum atomic E-state index is 10.5. The number of hydrogen-bond acceptors (Lipinski definition) is 6. The fourth-order valence-corrected chi connectivity index (χ4v) is 4.22. The van der Waals surface area contributed by atoms with E-state index in [4.69, 9.17) is 4.74 Å². The second-order valence-corrected chi connectivity index (χ2v) is 7.26. The number of aliphatic hydroxyl groups is 1. The van der Waals surface area contributed by atoms with E-state index in [0.29, 0.717) is 12.8 Å². The standard InChI is InChI=1S/C20H26N4O2/c1-21-18-19(23-10-9-22-18)24-11-7-20(8-12-24)14-16(25)13-17(26-20)15-5-3-2-4-6-15/h2-6,9-10,16-17,25H,7-8,11-14H2,1H3,(H,21,22)/t16-,17-/m1/s1. The maximum absolute atomic E-state index is 10.5. The fourth-order valence-electron chi connectivity index (χ4n) is 4.22. The molecule has 0 saturated carbocycles. The summed E-state index contributed by atoms with van der Waals surface area (Å²) in [5.74, 6) is 1.69. The van der Waals surface area contributed by atoms with Crippen LogP contribution in [0.5, 0.6) is 0 Å². The summed E-state index contributed by atoms with van der Waals surface area (Å²) >= 11 is 0. The molecule has 2 aliphatic heterocycles. The third kappa shape index (κ3) is 3.39. The van der Waals surface area contributed by atoms with Gasteiger partial charge in [0.2, 0.25) is 0 Å². The fraction of sp³-hybridized carbons (Fsp3) is 0.500. The van der Waals surface area contributed by atoms with Gasteiger partial charge in [-0.15, -0.1) is 0 Å². The summed E-state index contributed by atoms with van der Waals surface area (Å²) < 4.78 is 6.57. The number of nitrogens with zero attached hydrogens (tertiary/aromatic N) is 3. The van der Waals surface area contributed by atoms with E-state index in [-0.39, 0.29) is 17.8 Å². The number of benzene rings is 1. The Morgan fingerprint density at radius 3 is 2.62 bits per heavy atom. The molecule has 2 aromatic rings. The second-order valence-electron chi connectivity index (χ2n) is 7.26. The number of aliphatic hydroxyl groups excluding tert-OH is 1. The van der Waals surface area contributed by atoms with Gasteiger partial charge in [0.05, 0.1) is 17.8 Å². The number of ether oxygens (including phenoxy) is 1. The van der Waals surface area contributed by atoms with Crippen molar-refractivity contribution in [3.63, 3.8) is 0 Å². The minimum atomic E-state index is -0.315. The van der Waals surface area contributed by atoms with Crippen LogP contribution in [0.1, 0.15) is 37.4 Å². The Hall–Kier alpha value is -2.18. The van der Waals surface area contributed by atoms with E-state index in [1.165, 1.54) is 0 Å². The van der Waals surface area contributed by atoms with Gasteiger partial charge >= 0.3 is 0 Å². The Morgan fingerprint density at radius 1 is 1.15 bits per heavy atom. The highest BCUT2D eigenvalue weighted by atomic mass is 16.5. The van der Waals surface area contributed by atoms with E-state index < -0.39 is 0 Å². The van der Waals surface area contributed by atoms with E-state index in [1.807, 2.05) is 25.2 Å². The first-order valence-electron chi connectivity index (χ1n) is 9.34. The van der Waals surface area contributed by atoms with E-state index in [1.54, 1.807) is 12.4 Å². The van der Waals surface area contributed by atoms with Crippen LogP contribution in [0, 0.1) is 0 Å². The molecule has 1 aromatic heterocycles. The largest absolute Gasteiger partial charge is 0.393 e.